The molecular weight excluding hydrogens is 244 g/mol. The summed E-state index contributed by atoms with van der Waals surface area (Å²) in [5.41, 5.74) is 5.65. The van der Waals surface area contributed by atoms with E-state index in [1.165, 1.54) is 0 Å². The number of hydrogen-bond acceptors (Lipinski definition) is 4. The number of urea groups is 1. The summed E-state index contributed by atoms with van der Waals surface area (Å²) in [4.78, 5) is 25.3. The van der Waals surface area contributed by atoms with Gasteiger partial charge in [0, 0.05) is 19.1 Å². The second-order valence-electron chi connectivity index (χ2n) is 5.77. The number of imide groups is 1. The molecule has 0 bridgehead atoms. The molecule has 1 rings (SSSR count). The van der Waals surface area contributed by atoms with E-state index in [1.54, 1.807) is 0 Å². The quantitative estimate of drug-likeness (QED) is 0.663. The first-order valence-electron chi connectivity index (χ1n) is 6.94. The third-order valence-corrected chi connectivity index (χ3v) is 3.39. The first-order chi connectivity index (χ1) is 8.92. The van der Waals surface area contributed by atoms with E-state index in [0.717, 1.165) is 13.0 Å². The number of carbonyl (C=O) groups is 2. The molecule has 0 aromatic carbocycles. The van der Waals surface area contributed by atoms with Crippen molar-refractivity contribution in [1.82, 2.24) is 15.5 Å². The summed E-state index contributed by atoms with van der Waals surface area (Å²) < 4.78 is 0. The predicted molar refractivity (Wildman–Crippen MR) is 74.6 cm³/mol. The first-order valence-corrected chi connectivity index (χ1v) is 6.94. The van der Waals surface area contributed by atoms with Gasteiger partial charge in [-0.05, 0) is 31.7 Å². The van der Waals surface area contributed by atoms with Crippen molar-refractivity contribution in [2.75, 3.05) is 26.2 Å². The SMILES string of the molecule is CC(C)CNC(=O)NC(=O)CN1CC(CN)CC1C. The number of rotatable bonds is 5. The van der Waals surface area contributed by atoms with Crippen molar-refractivity contribution < 1.29 is 9.59 Å². The van der Waals surface area contributed by atoms with Crippen LogP contribution in [0.4, 0.5) is 4.79 Å². The number of carbonyl (C=O) groups excluding carboxylic acids is 2. The van der Waals surface area contributed by atoms with E-state index in [-0.39, 0.29) is 12.5 Å². The molecule has 1 saturated heterocycles. The molecule has 0 saturated carbocycles. The average molecular weight is 270 g/mol. The number of nitrogens with zero attached hydrogens (tertiary/aromatic N) is 1. The van der Waals surface area contributed by atoms with Crippen LogP contribution in [0, 0.1) is 11.8 Å². The molecule has 1 aliphatic rings. The number of nitrogens with one attached hydrogen (secondary N) is 2. The lowest BCUT2D eigenvalue weighted by molar-refractivity contribution is -0.121. The van der Waals surface area contributed by atoms with Crippen LogP contribution in [0.25, 0.3) is 0 Å². The fraction of sp³-hybridized carbons (Fsp3) is 0.846. The van der Waals surface area contributed by atoms with Crippen molar-refractivity contribution in [2.45, 2.75) is 33.2 Å². The molecule has 0 aromatic heterocycles. The molecule has 3 amide bonds. The van der Waals surface area contributed by atoms with Crippen LogP contribution in [0.3, 0.4) is 0 Å². The largest absolute Gasteiger partial charge is 0.338 e. The van der Waals surface area contributed by atoms with Crippen molar-refractivity contribution in [3.05, 3.63) is 0 Å². The molecule has 6 heteroatoms. The predicted octanol–water partition coefficient (Wildman–Crippen LogP) is 0.137. The molecule has 0 spiro atoms. The summed E-state index contributed by atoms with van der Waals surface area (Å²) in [6.45, 7) is 8.39. The van der Waals surface area contributed by atoms with Gasteiger partial charge in [0.2, 0.25) is 5.91 Å². The van der Waals surface area contributed by atoms with Crippen molar-refractivity contribution >= 4 is 11.9 Å². The van der Waals surface area contributed by atoms with E-state index in [4.69, 9.17) is 5.73 Å². The standard InChI is InChI=1S/C13H26N4O2/c1-9(2)6-15-13(19)16-12(18)8-17-7-11(5-14)4-10(17)3/h9-11H,4-8,14H2,1-3H3,(H2,15,16,18,19). The summed E-state index contributed by atoms with van der Waals surface area (Å²) in [6, 6.07) is -0.0704. The van der Waals surface area contributed by atoms with Crippen LogP contribution in [-0.2, 0) is 4.79 Å². The zero-order valence-corrected chi connectivity index (χ0v) is 12.1. The Balaban J connectivity index is 2.29. The van der Waals surface area contributed by atoms with Gasteiger partial charge < -0.3 is 11.1 Å². The van der Waals surface area contributed by atoms with Crippen LogP contribution < -0.4 is 16.4 Å². The van der Waals surface area contributed by atoms with Crippen LogP contribution in [0.5, 0.6) is 0 Å². The van der Waals surface area contributed by atoms with Crippen molar-refractivity contribution in [3.63, 3.8) is 0 Å². The molecule has 6 nitrogen and oxygen atoms in total. The van der Waals surface area contributed by atoms with Crippen molar-refractivity contribution in [1.29, 1.82) is 0 Å². The van der Waals surface area contributed by atoms with E-state index < -0.39 is 6.03 Å². The highest BCUT2D eigenvalue weighted by Crippen LogP contribution is 2.21. The molecule has 0 aromatic rings. The van der Waals surface area contributed by atoms with Gasteiger partial charge in [0.05, 0.1) is 6.54 Å². The Bertz CT molecular complexity index is 320. The maximum absolute atomic E-state index is 11.7. The maximum atomic E-state index is 11.7. The van der Waals surface area contributed by atoms with Gasteiger partial charge in [-0.2, -0.15) is 0 Å². The zero-order chi connectivity index (χ0) is 14.4. The van der Waals surface area contributed by atoms with Gasteiger partial charge in [0.25, 0.3) is 0 Å². The fourth-order valence-corrected chi connectivity index (χ4v) is 2.30. The lowest BCUT2D eigenvalue weighted by Gasteiger charge is -2.20. The van der Waals surface area contributed by atoms with Crippen LogP contribution in [0.2, 0.25) is 0 Å². The molecule has 2 atom stereocenters. The summed E-state index contributed by atoms with van der Waals surface area (Å²) in [5, 5.41) is 5.01. The molecule has 1 heterocycles. The van der Waals surface area contributed by atoms with Gasteiger partial charge in [-0.25, -0.2) is 4.79 Å². The van der Waals surface area contributed by atoms with Crippen LogP contribution in [-0.4, -0.2) is 49.1 Å². The molecule has 2 unspecified atom stereocenters. The Hall–Kier alpha value is -1.14. The lowest BCUT2D eigenvalue weighted by Crippen LogP contribution is -2.46. The summed E-state index contributed by atoms with van der Waals surface area (Å²) in [5.74, 6) is 0.563. The minimum atomic E-state index is -0.416. The number of hydrogen-bond donors (Lipinski definition) is 3. The molecular formula is C13H26N4O2. The smallest absolute Gasteiger partial charge is 0.321 e. The normalized spacial score (nSPS) is 23.6. The third-order valence-electron chi connectivity index (χ3n) is 3.39. The Morgan fingerprint density at radius 1 is 1.42 bits per heavy atom. The van der Waals surface area contributed by atoms with E-state index >= 15 is 0 Å². The minimum absolute atomic E-state index is 0.257. The molecule has 19 heavy (non-hydrogen) atoms. The van der Waals surface area contributed by atoms with Gasteiger partial charge >= 0.3 is 6.03 Å². The zero-order valence-electron chi connectivity index (χ0n) is 12.1. The maximum Gasteiger partial charge on any atom is 0.321 e. The molecule has 4 N–H and O–H groups in total. The second kappa shape index (κ2) is 7.45. The van der Waals surface area contributed by atoms with Gasteiger partial charge in [-0.3, -0.25) is 15.0 Å². The van der Waals surface area contributed by atoms with E-state index in [1.807, 2.05) is 13.8 Å². The highest BCUT2D eigenvalue weighted by atomic mass is 16.2. The van der Waals surface area contributed by atoms with Crippen LogP contribution >= 0.6 is 0 Å². The van der Waals surface area contributed by atoms with Crippen LogP contribution in [0.1, 0.15) is 27.2 Å². The van der Waals surface area contributed by atoms with Crippen molar-refractivity contribution in [2.24, 2.45) is 17.6 Å². The fourth-order valence-electron chi connectivity index (χ4n) is 2.30. The lowest BCUT2D eigenvalue weighted by atomic mass is 10.1. The van der Waals surface area contributed by atoms with E-state index in [0.29, 0.717) is 31.0 Å². The summed E-state index contributed by atoms with van der Waals surface area (Å²) in [6.07, 6.45) is 1.02. The molecule has 1 aliphatic heterocycles. The molecule has 0 aliphatic carbocycles. The second-order valence-corrected chi connectivity index (χ2v) is 5.77. The first kappa shape index (κ1) is 15.9. The third kappa shape index (κ3) is 5.57. The topological polar surface area (TPSA) is 87.5 Å². The number of nitrogens with two attached hydrogens (primary N) is 1. The number of likely N-dealkylation sites (tertiary alicyclic amines) is 1. The molecule has 0 radical (unpaired) electrons. The summed E-state index contributed by atoms with van der Waals surface area (Å²) in [7, 11) is 0. The Kier molecular flexibility index (Phi) is 6.24. The van der Waals surface area contributed by atoms with Gasteiger partial charge in [0.15, 0.2) is 0 Å². The highest BCUT2D eigenvalue weighted by molar-refractivity contribution is 5.95. The Labute approximate surface area is 115 Å². The van der Waals surface area contributed by atoms with Gasteiger partial charge in [-0.1, -0.05) is 13.8 Å². The van der Waals surface area contributed by atoms with E-state index in [2.05, 4.69) is 22.5 Å². The van der Waals surface area contributed by atoms with Crippen molar-refractivity contribution in [3.8, 4) is 0 Å². The molecule has 110 valence electrons. The Morgan fingerprint density at radius 2 is 2.11 bits per heavy atom. The van der Waals surface area contributed by atoms with Gasteiger partial charge in [-0.15, -0.1) is 0 Å². The minimum Gasteiger partial charge on any atom is -0.338 e. The van der Waals surface area contributed by atoms with Gasteiger partial charge in [0.1, 0.15) is 0 Å². The highest BCUT2D eigenvalue weighted by Gasteiger charge is 2.29. The molecule has 1 fully saturated rings. The average Bonchev–Trinajstić information content (AvgIpc) is 2.67. The number of amides is 3. The van der Waals surface area contributed by atoms with Crippen LogP contribution in [0.15, 0.2) is 0 Å². The monoisotopic (exact) mass is 270 g/mol. The van der Waals surface area contributed by atoms with E-state index in [9.17, 15) is 9.59 Å². The summed E-state index contributed by atoms with van der Waals surface area (Å²) >= 11 is 0. The Morgan fingerprint density at radius 3 is 2.63 bits per heavy atom.